The number of nitrogens with zero attached hydrogens (tertiary/aromatic N) is 2. The number of amides is 2. The Balaban J connectivity index is 3.87. The number of hydrogen-bond acceptors (Lipinski definition) is 1. The summed E-state index contributed by atoms with van der Waals surface area (Å²) in [5.74, 6) is 0. The van der Waals surface area contributed by atoms with Crippen molar-refractivity contribution in [3.8, 4) is 0 Å². The van der Waals surface area contributed by atoms with Gasteiger partial charge in [0.25, 0.3) is 0 Å². The zero-order valence-corrected chi connectivity index (χ0v) is 5.66. The van der Waals surface area contributed by atoms with Gasteiger partial charge in [-0.1, -0.05) is 6.08 Å². The topological polar surface area (TPSA) is 32.7 Å². The van der Waals surface area contributed by atoms with E-state index in [1.807, 2.05) is 6.92 Å². The van der Waals surface area contributed by atoms with Crippen LogP contribution in [0.15, 0.2) is 17.3 Å². The summed E-state index contributed by atoms with van der Waals surface area (Å²) in [7, 11) is 1.62. The highest BCUT2D eigenvalue weighted by Crippen LogP contribution is 1.87. The fraction of sp³-hybridized carbons (Fsp3) is 0.333. The Hall–Kier alpha value is -1.12. The van der Waals surface area contributed by atoms with Crippen molar-refractivity contribution in [3.05, 3.63) is 12.3 Å². The summed E-state index contributed by atoms with van der Waals surface area (Å²) in [6.45, 7) is 4.92. The van der Waals surface area contributed by atoms with Crippen LogP contribution in [0.1, 0.15) is 6.92 Å². The van der Waals surface area contributed by atoms with Gasteiger partial charge in [0, 0.05) is 13.2 Å². The maximum absolute atomic E-state index is 10.5. The average molecular weight is 126 g/mol. The minimum atomic E-state index is -0.340. The molecule has 9 heavy (non-hydrogen) atoms. The van der Waals surface area contributed by atoms with Crippen molar-refractivity contribution in [2.45, 2.75) is 6.92 Å². The summed E-state index contributed by atoms with van der Waals surface area (Å²) >= 11 is 0. The molecule has 0 saturated heterocycles. The summed E-state index contributed by atoms with van der Waals surface area (Å²) in [5.41, 5.74) is 0. The summed E-state index contributed by atoms with van der Waals surface area (Å²) in [6, 6.07) is -0.340. The fourth-order valence-corrected chi connectivity index (χ4v) is 0.399. The highest BCUT2D eigenvalue weighted by molar-refractivity contribution is 5.79. The van der Waals surface area contributed by atoms with E-state index in [4.69, 9.17) is 0 Å². The van der Waals surface area contributed by atoms with Crippen molar-refractivity contribution in [3.63, 3.8) is 0 Å². The summed E-state index contributed by atoms with van der Waals surface area (Å²) in [6.07, 6.45) is 3.38. The summed E-state index contributed by atoms with van der Waals surface area (Å²) in [5, 5.41) is 0. The van der Waals surface area contributed by atoms with Gasteiger partial charge in [0.2, 0.25) is 0 Å². The SMILES string of the molecule is C=NC(=O)N(C)/C=C\C. The van der Waals surface area contributed by atoms with Gasteiger partial charge in [-0.3, -0.25) is 0 Å². The van der Waals surface area contributed by atoms with Crippen LogP contribution in [-0.2, 0) is 0 Å². The lowest BCUT2D eigenvalue weighted by molar-refractivity contribution is 0.232. The third-order valence-electron chi connectivity index (χ3n) is 0.810. The van der Waals surface area contributed by atoms with Crippen LogP contribution >= 0.6 is 0 Å². The van der Waals surface area contributed by atoms with Crippen molar-refractivity contribution in [1.29, 1.82) is 0 Å². The zero-order chi connectivity index (χ0) is 7.28. The molecule has 0 fully saturated rings. The highest BCUT2D eigenvalue weighted by Gasteiger charge is 1.97. The molecule has 3 heteroatoms. The Morgan fingerprint density at radius 2 is 2.33 bits per heavy atom. The van der Waals surface area contributed by atoms with Crippen molar-refractivity contribution in [1.82, 2.24) is 4.90 Å². The van der Waals surface area contributed by atoms with E-state index >= 15 is 0 Å². The van der Waals surface area contributed by atoms with Crippen LogP contribution in [0.4, 0.5) is 4.79 Å². The van der Waals surface area contributed by atoms with Gasteiger partial charge in [0.1, 0.15) is 0 Å². The number of rotatable bonds is 1. The molecule has 0 atom stereocenters. The first-order chi connectivity index (χ1) is 4.22. The smallest absolute Gasteiger partial charge is 0.303 e. The molecule has 0 unspecified atom stereocenters. The van der Waals surface area contributed by atoms with Gasteiger partial charge < -0.3 is 4.90 Å². The standard InChI is InChI=1S/C6H10N2O/c1-4-5-8(3)6(9)7-2/h4-5H,2H2,1,3H3/b5-4-. The van der Waals surface area contributed by atoms with E-state index in [1.54, 1.807) is 19.3 Å². The van der Waals surface area contributed by atoms with Crippen molar-refractivity contribution in [2.24, 2.45) is 4.99 Å². The maximum atomic E-state index is 10.5. The van der Waals surface area contributed by atoms with Gasteiger partial charge in [-0.2, -0.15) is 0 Å². The van der Waals surface area contributed by atoms with E-state index in [0.29, 0.717) is 0 Å². The third-order valence-corrected chi connectivity index (χ3v) is 0.810. The zero-order valence-electron chi connectivity index (χ0n) is 5.66. The number of carbonyl (C=O) groups excluding carboxylic acids is 1. The van der Waals surface area contributed by atoms with Gasteiger partial charge in [0.15, 0.2) is 0 Å². The second-order valence-electron chi connectivity index (χ2n) is 1.53. The molecule has 0 N–H and O–H groups in total. The van der Waals surface area contributed by atoms with Crippen LogP contribution in [-0.4, -0.2) is 24.7 Å². The minimum Gasteiger partial charge on any atom is -0.303 e. The fourth-order valence-electron chi connectivity index (χ4n) is 0.399. The Morgan fingerprint density at radius 3 is 2.67 bits per heavy atom. The molecule has 0 aromatic heterocycles. The number of carbonyl (C=O) groups is 1. The molecule has 0 aromatic carbocycles. The average Bonchev–Trinajstić information content (AvgIpc) is 1.87. The van der Waals surface area contributed by atoms with E-state index in [2.05, 4.69) is 11.7 Å². The molecule has 0 rings (SSSR count). The Labute approximate surface area is 54.7 Å². The van der Waals surface area contributed by atoms with Crippen LogP contribution < -0.4 is 0 Å². The number of aliphatic imine (C=N–C) groups is 1. The summed E-state index contributed by atoms with van der Waals surface area (Å²) < 4.78 is 0. The second kappa shape index (κ2) is 3.83. The molecule has 50 valence electrons. The van der Waals surface area contributed by atoms with Crippen LogP contribution in [0, 0.1) is 0 Å². The van der Waals surface area contributed by atoms with Crippen LogP contribution in [0.25, 0.3) is 0 Å². The predicted octanol–water partition coefficient (Wildman–Crippen LogP) is 1.27. The van der Waals surface area contributed by atoms with Gasteiger partial charge >= 0.3 is 6.03 Å². The first kappa shape index (κ1) is 7.88. The van der Waals surface area contributed by atoms with Gasteiger partial charge in [-0.25, -0.2) is 9.79 Å². The van der Waals surface area contributed by atoms with Crippen LogP contribution in [0.2, 0.25) is 0 Å². The summed E-state index contributed by atoms with van der Waals surface area (Å²) in [4.78, 5) is 15.1. The van der Waals surface area contributed by atoms with E-state index in [-0.39, 0.29) is 6.03 Å². The predicted molar refractivity (Wildman–Crippen MR) is 37.5 cm³/mol. The number of hydrogen-bond donors (Lipinski definition) is 0. The molecule has 0 aliphatic carbocycles. The van der Waals surface area contributed by atoms with Crippen molar-refractivity contribution >= 4 is 12.7 Å². The molecule has 3 nitrogen and oxygen atoms in total. The molecule has 0 saturated carbocycles. The third kappa shape index (κ3) is 2.64. The van der Waals surface area contributed by atoms with Gasteiger partial charge in [0.05, 0.1) is 0 Å². The second-order valence-corrected chi connectivity index (χ2v) is 1.53. The van der Waals surface area contributed by atoms with E-state index in [9.17, 15) is 4.79 Å². The van der Waals surface area contributed by atoms with Gasteiger partial charge in [-0.05, 0) is 13.6 Å². The first-order valence-corrected chi connectivity index (χ1v) is 2.58. The Bertz CT molecular complexity index is 140. The number of allylic oxidation sites excluding steroid dienone is 1. The van der Waals surface area contributed by atoms with E-state index in [0.717, 1.165) is 0 Å². The first-order valence-electron chi connectivity index (χ1n) is 2.58. The van der Waals surface area contributed by atoms with Crippen LogP contribution in [0.5, 0.6) is 0 Å². The lowest BCUT2D eigenvalue weighted by atomic mass is 10.6. The molecule has 0 radical (unpaired) electrons. The molecule has 0 aliphatic heterocycles. The highest BCUT2D eigenvalue weighted by atomic mass is 16.2. The minimum absolute atomic E-state index is 0.340. The lowest BCUT2D eigenvalue weighted by Crippen LogP contribution is -2.15. The van der Waals surface area contributed by atoms with Crippen LogP contribution in [0.3, 0.4) is 0 Å². The number of urea groups is 1. The molecule has 0 spiro atoms. The van der Waals surface area contributed by atoms with Crippen molar-refractivity contribution < 1.29 is 4.79 Å². The molecular formula is C6H10N2O. The monoisotopic (exact) mass is 126 g/mol. The maximum Gasteiger partial charge on any atom is 0.346 e. The van der Waals surface area contributed by atoms with Gasteiger partial charge in [-0.15, -0.1) is 0 Å². The largest absolute Gasteiger partial charge is 0.346 e. The Morgan fingerprint density at radius 1 is 1.78 bits per heavy atom. The lowest BCUT2D eigenvalue weighted by Gasteiger charge is -2.04. The molecule has 0 aliphatic rings. The molecular weight excluding hydrogens is 116 g/mol. The van der Waals surface area contributed by atoms with E-state index in [1.165, 1.54) is 4.90 Å². The Kier molecular flexibility index (Phi) is 3.35. The quantitative estimate of drug-likeness (QED) is 0.487. The molecule has 0 aromatic rings. The molecule has 0 bridgehead atoms. The van der Waals surface area contributed by atoms with Crippen molar-refractivity contribution in [2.75, 3.05) is 7.05 Å². The molecule has 2 amide bonds. The molecule has 0 heterocycles. The van der Waals surface area contributed by atoms with E-state index < -0.39 is 0 Å². The normalized spacial score (nSPS) is 9.56.